The molecule has 1 heterocycles. The SMILES string of the molecule is O=C1CCC(O)(c2ccc3[nH]ccc3c2)CC1. The van der Waals surface area contributed by atoms with Crippen LogP contribution in [0.3, 0.4) is 0 Å². The predicted molar refractivity (Wildman–Crippen MR) is 65.7 cm³/mol. The van der Waals surface area contributed by atoms with Crippen molar-refractivity contribution in [3.8, 4) is 0 Å². The minimum Gasteiger partial charge on any atom is -0.385 e. The molecule has 0 unspecified atom stereocenters. The second-order valence-electron chi connectivity index (χ2n) is 4.85. The van der Waals surface area contributed by atoms with Crippen LogP contribution < -0.4 is 0 Å². The Balaban J connectivity index is 1.99. The molecule has 0 atom stereocenters. The van der Waals surface area contributed by atoms with Gasteiger partial charge in [0, 0.05) is 24.6 Å². The molecule has 1 aromatic heterocycles. The number of nitrogens with one attached hydrogen (secondary N) is 1. The molecule has 0 spiro atoms. The average Bonchev–Trinajstić information content (AvgIpc) is 2.80. The number of ketones is 1. The average molecular weight is 229 g/mol. The summed E-state index contributed by atoms with van der Waals surface area (Å²) in [5.41, 5.74) is 1.18. The maximum absolute atomic E-state index is 11.2. The molecular formula is C14H15NO2. The first-order chi connectivity index (χ1) is 8.17. The maximum Gasteiger partial charge on any atom is 0.133 e. The van der Waals surface area contributed by atoms with Gasteiger partial charge in [0.2, 0.25) is 0 Å². The fraction of sp³-hybridized carbons (Fsp3) is 0.357. The summed E-state index contributed by atoms with van der Waals surface area (Å²) in [6.45, 7) is 0. The lowest BCUT2D eigenvalue weighted by atomic mass is 9.79. The molecule has 88 valence electrons. The Morgan fingerprint density at radius 1 is 1.18 bits per heavy atom. The minimum absolute atomic E-state index is 0.261. The summed E-state index contributed by atoms with van der Waals surface area (Å²) in [4.78, 5) is 14.4. The molecule has 1 fully saturated rings. The normalized spacial score (nSPS) is 19.7. The number of fused-ring (bicyclic) bond motifs is 1. The van der Waals surface area contributed by atoms with Crippen LogP contribution in [0.15, 0.2) is 30.5 Å². The number of carbonyl (C=O) groups is 1. The van der Waals surface area contributed by atoms with Crippen LogP contribution in [-0.2, 0) is 10.4 Å². The fourth-order valence-electron chi connectivity index (χ4n) is 2.57. The summed E-state index contributed by atoms with van der Waals surface area (Å²) in [6, 6.07) is 7.95. The molecule has 2 N–H and O–H groups in total. The Morgan fingerprint density at radius 3 is 2.71 bits per heavy atom. The Kier molecular flexibility index (Phi) is 2.30. The third-order valence-electron chi connectivity index (χ3n) is 3.73. The molecule has 1 aliphatic rings. The van der Waals surface area contributed by atoms with Gasteiger partial charge in [-0.1, -0.05) is 6.07 Å². The lowest BCUT2D eigenvalue weighted by Gasteiger charge is -2.32. The summed E-state index contributed by atoms with van der Waals surface area (Å²) in [5.74, 6) is 0.261. The van der Waals surface area contributed by atoms with Gasteiger partial charge in [-0.25, -0.2) is 0 Å². The summed E-state index contributed by atoms with van der Waals surface area (Å²) >= 11 is 0. The molecule has 1 aromatic carbocycles. The van der Waals surface area contributed by atoms with Crippen molar-refractivity contribution in [2.24, 2.45) is 0 Å². The number of hydrogen-bond acceptors (Lipinski definition) is 2. The Labute approximate surface area is 99.5 Å². The summed E-state index contributed by atoms with van der Waals surface area (Å²) in [5, 5.41) is 11.7. The molecule has 0 amide bonds. The van der Waals surface area contributed by atoms with E-state index in [-0.39, 0.29) is 5.78 Å². The molecule has 0 radical (unpaired) electrons. The number of aliphatic hydroxyl groups is 1. The van der Waals surface area contributed by atoms with Gasteiger partial charge in [-0.15, -0.1) is 0 Å². The molecule has 2 aromatic rings. The van der Waals surface area contributed by atoms with Gasteiger partial charge in [-0.05, 0) is 42.0 Å². The number of H-pyrrole nitrogens is 1. The lowest BCUT2D eigenvalue weighted by Crippen LogP contribution is -2.31. The summed E-state index contributed by atoms with van der Waals surface area (Å²) in [7, 11) is 0. The highest BCUT2D eigenvalue weighted by Crippen LogP contribution is 2.36. The predicted octanol–water partition coefficient (Wildman–Crippen LogP) is 2.50. The fourth-order valence-corrected chi connectivity index (χ4v) is 2.57. The monoisotopic (exact) mass is 229 g/mol. The van der Waals surface area contributed by atoms with Crippen molar-refractivity contribution in [3.63, 3.8) is 0 Å². The first-order valence-electron chi connectivity index (χ1n) is 5.99. The van der Waals surface area contributed by atoms with E-state index in [1.807, 2.05) is 30.5 Å². The Hall–Kier alpha value is -1.61. The Morgan fingerprint density at radius 2 is 1.94 bits per heavy atom. The van der Waals surface area contributed by atoms with Gasteiger partial charge in [0.05, 0.1) is 5.60 Å². The van der Waals surface area contributed by atoms with Gasteiger partial charge < -0.3 is 10.1 Å². The summed E-state index contributed by atoms with van der Waals surface area (Å²) in [6.07, 6.45) is 3.95. The molecule has 3 nitrogen and oxygen atoms in total. The molecule has 3 heteroatoms. The van der Waals surface area contributed by atoms with Gasteiger partial charge in [0.25, 0.3) is 0 Å². The van der Waals surface area contributed by atoms with Crippen LogP contribution in [0.4, 0.5) is 0 Å². The van der Waals surface area contributed by atoms with Crippen LogP contribution in [0.1, 0.15) is 31.2 Å². The highest BCUT2D eigenvalue weighted by Gasteiger charge is 2.34. The van der Waals surface area contributed by atoms with Crippen molar-refractivity contribution in [2.45, 2.75) is 31.3 Å². The standard InChI is InChI=1S/C14H15NO2/c16-12-3-6-14(17,7-4-12)11-1-2-13-10(9-11)5-8-15-13/h1-2,5,8-9,15,17H,3-4,6-7H2. The smallest absolute Gasteiger partial charge is 0.133 e. The van der Waals surface area contributed by atoms with Crippen molar-refractivity contribution >= 4 is 16.7 Å². The number of aromatic nitrogens is 1. The second-order valence-corrected chi connectivity index (χ2v) is 4.85. The zero-order valence-electron chi connectivity index (χ0n) is 9.57. The first-order valence-corrected chi connectivity index (χ1v) is 5.99. The number of carbonyl (C=O) groups excluding carboxylic acids is 1. The van der Waals surface area contributed by atoms with Crippen LogP contribution in [0.5, 0.6) is 0 Å². The van der Waals surface area contributed by atoms with Crippen LogP contribution in [0, 0.1) is 0 Å². The van der Waals surface area contributed by atoms with Crippen molar-refractivity contribution in [3.05, 3.63) is 36.0 Å². The molecule has 0 bridgehead atoms. The molecule has 1 saturated carbocycles. The van der Waals surface area contributed by atoms with E-state index < -0.39 is 5.60 Å². The van der Waals surface area contributed by atoms with E-state index in [9.17, 15) is 9.90 Å². The van der Waals surface area contributed by atoms with Crippen LogP contribution in [0.25, 0.3) is 10.9 Å². The van der Waals surface area contributed by atoms with Crippen molar-refractivity contribution in [1.82, 2.24) is 4.98 Å². The largest absolute Gasteiger partial charge is 0.385 e. The van der Waals surface area contributed by atoms with E-state index in [0.29, 0.717) is 25.7 Å². The van der Waals surface area contributed by atoms with Crippen LogP contribution >= 0.6 is 0 Å². The van der Waals surface area contributed by atoms with E-state index in [4.69, 9.17) is 0 Å². The number of rotatable bonds is 1. The number of hydrogen-bond donors (Lipinski definition) is 2. The highest BCUT2D eigenvalue weighted by atomic mass is 16.3. The first kappa shape index (κ1) is 10.5. The van der Waals surface area contributed by atoms with Crippen molar-refractivity contribution in [1.29, 1.82) is 0 Å². The maximum atomic E-state index is 11.2. The molecular weight excluding hydrogens is 214 g/mol. The molecule has 3 rings (SSSR count). The van der Waals surface area contributed by atoms with E-state index >= 15 is 0 Å². The van der Waals surface area contributed by atoms with Gasteiger partial charge in [-0.3, -0.25) is 4.79 Å². The van der Waals surface area contributed by atoms with Crippen LogP contribution in [0.2, 0.25) is 0 Å². The molecule has 1 aliphatic carbocycles. The molecule has 17 heavy (non-hydrogen) atoms. The van der Waals surface area contributed by atoms with Crippen molar-refractivity contribution < 1.29 is 9.90 Å². The zero-order valence-corrected chi connectivity index (χ0v) is 9.57. The third kappa shape index (κ3) is 1.76. The van der Waals surface area contributed by atoms with Gasteiger partial charge >= 0.3 is 0 Å². The quantitative estimate of drug-likeness (QED) is 0.789. The second kappa shape index (κ2) is 3.70. The molecule has 0 saturated heterocycles. The lowest BCUT2D eigenvalue weighted by molar-refractivity contribution is -0.125. The zero-order chi connectivity index (χ0) is 11.9. The Bertz CT molecular complexity index is 560. The van der Waals surface area contributed by atoms with Crippen LogP contribution in [-0.4, -0.2) is 15.9 Å². The van der Waals surface area contributed by atoms with E-state index in [1.54, 1.807) is 0 Å². The van der Waals surface area contributed by atoms with Crippen molar-refractivity contribution in [2.75, 3.05) is 0 Å². The number of benzene rings is 1. The number of Topliss-reactive ketones (excluding diaryl/α,β-unsaturated/α-hetero) is 1. The molecule has 0 aliphatic heterocycles. The van der Waals surface area contributed by atoms with Gasteiger partial charge in [-0.2, -0.15) is 0 Å². The third-order valence-corrected chi connectivity index (χ3v) is 3.73. The van der Waals surface area contributed by atoms with E-state index in [0.717, 1.165) is 16.5 Å². The minimum atomic E-state index is -0.820. The summed E-state index contributed by atoms with van der Waals surface area (Å²) < 4.78 is 0. The van der Waals surface area contributed by atoms with E-state index in [1.165, 1.54) is 0 Å². The highest BCUT2D eigenvalue weighted by molar-refractivity contribution is 5.81. The van der Waals surface area contributed by atoms with Gasteiger partial charge in [0.1, 0.15) is 5.78 Å². The van der Waals surface area contributed by atoms with Gasteiger partial charge in [0.15, 0.2) is 0 Å². The van der Waals surface area contributed by atoms with E-state index in [2.05, 4.69) is 4.98 Å². The topological polar surface area (TPSA) is 53.1 Å². The number of aromatic amines is 1.